The van der Waals surface area contributed by atoms with E-state index in [4.69, 9.17) is 0 Å². The minimum Gasteiger partial charge on any atom is -0.378 e. The molecule has 1 aliphatic carbocycles. The average Bonchev–Trinajstić information content (AvgIpc) is 2.43. The van der Waals surface area contributed by atoms with Crippen molar-refractivity contribution in [2.45, 2.75) is 32.2 Å². The lowest BCUT2D eigenvalue weighted by atomic mass is 9.87. The zero-order chi connectivity index (χ0) is 13.2. The lowest BCUT2D eigenvalue weighted by Gasteiger charge is -2.27. The number of benzene rings is 2. The van der Waals surface area contributed by atoms with Gasteiger partial charge < -0.3 is 5.32 Å². The third-order valence-corrected chi connectivity index (χ3v) is 4.74. The van der Waals surface area contributed by atoms with Gasteiger partial charge in [-0.15, -0.1) is 0 Å². The van der Waals surface area contributed by atoms with E-state index in [0.717, 1.165) is 0 Å². The zero-order valence-electron chi connectivity index (χ0n) is 11.1. The summed E-state index contributed by atoms with van der Waals surface area (Å²) in [5.41, 5.74) is 5.43. The van der Waals surface area contributed by atoms with E-state index in [1.54, 1.807) is 0 Å². The Morgan fingerprint density at radius 1 is 1.16 bits per heavy atom. The molecule has 0 heterocycles. The van der Waals surface area contributed by atoms with Crippen molar-refractivity contribution in [3.8, 4) is 0 Å². The van der Waals surface area contributed by atoms with Gasteiger partial charge in [-0.25, -0.2) is 0 Å². The van der Waals surface area contributed by atoms with Crippen LogP contribution in [0.1, 0.15) is 35.6 Å². The van der Waals surface area contributed by atoms with Gasteiger partial charge in [-0.05, 0) is 55.0 Å². The molecule has 0 saturated heterocycles. The van der Waals surface area contributed by atoms with Crippen molar-refractivity contribution in [3.63, 3.8) is 0 Å². The van der Waals surface area contributed by atoms with Crippen molar-refractivity contribution in [1.82, 2.24) is 0 Å². The minimum absolute atomic E-state index is 0.444. The molecule has 0 fully saturated rings. The Balaban J connectivity index is 1.86. The van der Waals surface area contributed by atoms with E-state index in [1.807, 2.05) is 0 Å². The topological polar surface area (TPSA) is 12.0 Å². The fourth-order valence-electron chi connectivity index (χ4n) is 2.79. The molecular weight excluding hydrogens is 298 g/mol. The van der Waals surface area contributed by atoms with Gasteiger partial charge in [0.2, 0.25) is 0 Å². The largest absolute Gasteiger partial charge is 0.378 e. The Morgan fingerprint density at radius 3 is 2.84 bits per heavy atom. The number of nitrogens with one attached hydrogen (secondary N) is 1. The zero-order valence-corrected chi connectivity index (χ0v) is 12.7. The fraction of sp³-hybridized carbons (Fsp3) is 0.294. The van der Waals surface area contributed by atoms with Crippen LogP contribution < -0.4 is 5.32 Å². The lowest BCUT2D eigenvalue weighted by Crippen LogP contribution is -2.17. The maximum Gasteiger partial charge on any atom is 0.0516 e. The third-order valence-electron chi connectivity index (χ3n) is 3.88. The van der Waals surface area contributed by atoms with Crippen molar-refractivity contribution in [3.05, 3.63) is 63.6 Å². The molecule has 1 N–H and O–H groups in total. The summed E-state index contributed by atoms with van der Waals surface area (Å²) in [5, 5.41) is 3.68. The SMILES string of the molecule is Cc1ccc(NC2CCCc3ccccc32)cc1Br. The van der Waals surface area contributed by atoms with Crippen LogP contribution in [0.25, 0.3) is 0 Å². The molecule has 0 aromatic heterocycles. The average molecular weight is 316 g/mol. The Labute approximate surface area is 123 Å². The maximum absolute atomic E-state index is 3.68. The van der Waals surface area contributed by atoms with E-state index in [9.17, 15) is 0 Å². The van der Waals surface area contributed by atoms with Crippen molar-refractivity contribution in [2.75, 3.05) is 5.32 Å². The van der Waals surface area contributed by atoms with Crippen LogP contribution in [0.15, 0.2) is 46.9 Å². The Kier molecular flexibility index (Phi) is 3.61. The normalized spacial score (nSPS) is 17.9. The van der Waals surface area contributed by atoms with E-state index in [1.165, 1.54) is 46.1 Å². The van der Waals surface area contributed by atoms with E-state index >= 15 is 0 Å². The van der Waals surface area contributed by atoms with E-state index < -0.39 is 0 Å². The number of fused-ring (bicyclic) bond motifs is 1. The van der Waals surface area contributed by atoms with Gasteiger partial charge in [0.1, 0.15) is 0 Å². The highest BCUT2D eigenvalue weighted by Gasteiger charge is 2.19. The highest BCUT2D eigenvalue weighted by atomic mass is 79.9. The molecule has 0 radical (unpaired) electrons. The fourth-order valence-corrected chi connectivity index (χ4v) is 3.17. The van der Waals surface area contributed by atoms with Crippen LogP contribution in [0.2, 0.25) is 0 Å². The lowest BCUT2D eigenvalue weighted by molar-refractivity contribution is 0.600. The second kappa shape index (κ2) is 5.38. The van der Waals surface area contributed by atoms with Crippen molar-refractivity contribution >= 4 is 21.6 Å². The Morgan fingerprint density at radius 2 is 2.00 bits per heavy atom. The summed E-state index contributed by atoms with van der Waals surface area (Å²) in [4.78, 5) is 0. The molecule has 1 atom stereocenters. The predicted octanol–water partition coefficient (Wildman–Crippen LogP) is 5.25. The molecule has 98 valence electrons. The minimum atomic E-state index is 0.444. The number of hydrogen-bond acceptors (Lipinski definition) is 1. The number of anilines is 1. The van der Waals surface area contributed by atoms with Crippen LogP contribution in [-0.2, 0) is 6.42 Å². The first kappa shape index (κ1) is 12.7. The predicted molar refractivity (Wildman–Crippen MR) is 84.6 cm³/mol. The summed E-state index contributed by atoms with van der Waals surface area (Å²) in [6, 6.07) is 15.7. The summed E-state index contributed by atoms with van der Waals surface area (Å²) in [6.07, 6.45) is 3.69. The van der Waals surface area contributed by atoms with Gasteiger partial charge in [0.05, 0.1) is 6.04 Å². The van der Waals surface area contributed by atoms with Gasteiger partial charge in [0.15, 0.2) is 0 Å². The standard InChI is InChI=1S/C17H18BrN/c1-12-9-10-14(11-16(12)18)19-17-8-4-6-13-5-2-3-7-15(13)17/h2-3,5,7,9-11,17,19H,4,6,8H2,1H3. The molecule has 0 aliphatic heterocycles. The quantitative estimate of drug-likeness (QED) is 0.798. The molecule has 0 spiro atoms. The van der Waals surface area contributed by atoms with Crippen LogP contribution in [0.5, 0.6) is 0 Å². The molecular formula is C17H18BrN. The highest BCUT2D eigenvalue weighted by molar-refractivity contribution is 9.10. The second-order valence-corrected chi connectivity index (χ2v) is 6.11. The molecule has 1 nitrogen and oxygen atoms in total. The van der Waals surface area contributed by atoms with Crippen LogP contribution in [0, 0.1) is 6.92 Å². The van der Waals surface area contributed by atoms with E-state index in [0.29, 0.717) is 6.04 Å². The first-order valence-electron chi connectivity index (χ1n) is 6.84. The third kappa shape index (κ3) is 2.69. The van der Waals surface area contributed by atoms with Gasteiger partial charge in [-0.1, -0.05) is 46.3 Å². The van der Waals surface area contributed by atoms with Crippen molar-refractivity contribution in [1.29, 1.82) is 0 Å². The first-order valence-corrected chi connectivity index (χ1v) is 7.64. The highest BCUT2D eigenvalue weighted by Crippen LogP contribution is 2.33. The molecule has 1 unspecified atom stereocenters. The number of aryl methyl sites for hydroxylation is 2. The van der Waals surface area contributed by atoms with Crippen LogP contribution >= 0.6 is 15.9 Å². The number of hydrogen-bond donors (Lipinski definition) is 1. The van der Waals surface area contributed by atoms with Crippen molar-refractivity contribution < 1.29 is 0 Å². The summed E-state index contributed by atoms with van der Waals surface area (Å²) < 4.78 is 1.17. The van der Waals surface area contributed by atoms with Crippen LogP contribution in [0.4, 0.5) is 5.69 Å². The van der Waals surface area contributed by atoms with Crippen molar-refractivity contribution in [2.24, 2.45) is 0 Å². The van der Waals surface area contributed by atoms with E-state index in [-0.39, 0.29) is 0 Å². The summed E-state index contributed by atoms with van der Waals surface area (Å²) in [6.45, 7) is 2.11. The molecule has 2 aromatic carbocycles. The monoisotopic (exact) mass is 315 g/mol. The molecule has 1 aliphatic rings. The Hall–Kier alpha value is -1.28. The van der Waals surface area contributed by atoms with E-state index in [2.05, 4.69) is 70.6 Å². The first-order chi connectivity index (χ1) is 9.24. The van der Waals surface area contributed by atoms with Gasteiger partial charge in [0, 0.05) is 10.2 Å². The van der Waals surface area contributed by atoms with Gasteiger partial charge in [-0.3, -0.25) is 0 Å². The summed E-state index contributed by atoms with van der Waals surface area (Å²) in [7, 11) is 0. The van der Waals surface area contributed by atoms with Gasteiger partial charge in [-0.2, -0.15) is 0 Å². The van der Waals surface area contributed by atoms with Crippen LogP contribution in [0.3, 0.4) is 0 Å². The Bertz CT molecular complexity index is 592. The molecule has 19 heavy (non-hydrogen) atoms. The molecule has 2 aromatic rings. The van der Waals surface area contributed by atoms with Gasteiger partial charge >= 0.3 is 0 Å². The maximum atomic E-state index is 3.68. The molecule has 0 saturated carbocycles. The summed E-state index contributed by atoms with van der Waals surface area (Å²) >= 11 is 3.60. The van der Waals surface area contributed by atoms with Gasteiger partial charge in [0.25, 0.3) is 0 Å². The number of rotatable bonds is 2. The molecule has 3 rings (SSSR count). The smallest absolute Gasteiger partial charge is 0.0516 e. The number of halogens is 1. The van der Waals surface area contributed by atoms with Crippen LogP contribution in [-0.4, -0.2) is 0 Å². The molecule has 0 bridgehead atoms. The summed E-state index contributed by atoms with van der Waals surface area (Å²) in [5.74, 6) is 0. The second-order valence-electron chi connectivity index (χ2n) is 5.25. The molecule has 2 heteroatoms. The molecule has 0 amide bonds.